The number of anilines is 1. The predicted octanol–water partition coefficient (Wildman–Crippen LogP) is 3.04. The highest BCUT2D eigenvalue weighted by Crippen LogP contribution is 2.37. The van der Waals surface area contributed by atoms with Crippen LogP contribution >= 0.6 is 11.3 Å². The quantitative estimate of drug-likeness (QED) is 0.753. The summed E-state index contributed by atoms with van der Waals surface area (Å²) < 4.78 is 79.2. The summed E-state index contributed by atoms with van der Waals surface area (Å²) in [6, 6.07) is -1.76. The summed E-state index contributed by atoms with van der Waals surface area (Å²) in [6.07, 6.45) is -9.61. The van der Waals surface area contributed by atoms with Crippen LogP contribution < -0.4 is 5.32 Å². The fourth-order valence-electron chi connectivity index (χ4n) is 2.67. The summed E-state index contributed by atoms with van der Waals surface area (Å²) in [5, 5.41) is 1.58. The zero-order valence-corrected chi connectivity index (χ0v) is 15.1. The van der Waals surface area contributed by atoms with Gasteiger partial charge in [0.1, 0.15) is 29.0 Å². The Labute approximate surface area is 157 Å². The molecule has 2 aromatic heterocycles. The maximum absolute atomic E-state index is 12.8. The average Bonchev–Trinajstić information content (AvgIpc) is 3.02. The molecular weight excluding hydrogens is 416 g/mol. The first-order chi connectivity index (χ1) is 12.9. The second-order valence-corrected chi connectivity index (χ2v) is 7.09. The largest absolute Gasteiger partial charge is 0.522 e. The Hall–Kier alpha value is -2.22. The summed E-state index contributed by atoms with van der Waals surface area (Å²) in [7, 11) is 0. The van der Waals surface area contributed by atoms with Gasteiger partial charge in [0.25, 0.3) is 0 Å². The third kappa shape index (κ3) is 4.11. The van der Waals surface area contributed by atoms with Crippen molar-refractivity contribution in [2.45, 2.75) is 44.6 Å². The van der Waals surface area contributed by atoms with Gasteiger partial charge in [-0.05, 0) is 13.8 Å². The summed E-state index contributed by atoms with van der Waals surface area (Å²) >= 11 is 0.326. The maximum Gasteiger partial charge on any atom is 0.522 e. The number of hydrogen-bond acceptors (Lipinski definition) is 7. The molecule has 154 valence electrons. The van der Waals surface area contributed by atoms with Crippen LogP contribution in [-0.4, -0.2) is 56.9 Å². The average molecular weight is 429 g/mol. The number of nitrogens with one attached hydrogen (secondary N) is 1. The molecule has 2 aromatic rings. The summed E-state index contributed by atoms with van der Waals surface area (Å²) in [5.41, 5.74) is -0.176. The molecule has 1 aliphatic rings. The zero-order chi connectivity index (χ0) is 20.9. The summed E-state index contributed by atoms with van der Waals surface area (Å²) in [5.74, 6) is -0.558. The van der Waals surface area contributed by atoms with E-state index in [0.29, 0.717) is 11.3 Å². The van der Waals surface area contributed by atoms with Crippen molar-refractivity contribution >= 4 is 33.4 Å². The first kappa shape index (κ1) is 20.5. The van der Waals surface area contributed by atoms with Crippen LogP contribution in [0.4, 0.5) is 32.2 Å². The van der Waals surface area contributed by atoms with Crippen molar-refractivity contribution < 1.29 is 35.9 Å². The van der Waals surface area contributed by atoms with Gasteiger partial charge < -0.3 is 10.2 Å². The number of carbonyl (C=O) groups is 1. The van der Waals surface area contributed by atoms with Gasteiger partial charge in [-0.3, -0.25) is 9.53 Å². The highest BCUT2D eigenvalue weighted by molar-refractivity contribution is 7.19. The van der Waals surface area contributed by atoms with Gasteiger partial charge in [-0.15, -0.1) is 24.5 Å². The van der Waals surface area contributed by atoms with Crippen molar-refractivity contribution in [2.75, 3.05) is 11.9 Å². The Kier molecular flexibility index (Phi) is 5.12. The van der Waals surface area contributed by atoms with Crippen LogP contribution in [0.5, 0.6) is 0 Å². The van der Waals surface area contributed by atoms with Gasteiger partial charge in [0.15, 0.2) is 5.65 Å². The molecule has 0 bridgehead atoms. The number of fused-ring (bicyclic) bond motifs is 1. The molecule has 0 aliphatic carbocycles. The molecule has 1 N–H and O–H groups in total. The summed E-state index contributed by atoms with van der Waals surface area (Å²) in [6.45, 7) is 2.59. The third-order valence-electron chi connectivity index (χ3n) is 4.13. The van der Waals surface area contributed by atoms with Gasteiger partial charge in [0.05, 0.1) is 6.04 Å². The molecule has 0 radical (unpaired) electrons. The van der Waals surface area contributed by atoms with E-state index in [2.05, 4.69) is 25.0 Å². The highest BCUT2D eigenvalue weighted by atomic mass is 32.1. The molecule has 3 rings (SSSR count). The fourth-order valence-corrected chi connectivity index (χ4v) is 3.51. The third-order valence-corrected chi connectivity index (χ3v) is 5.23. The minimum atomic E-state index is -4.80. The van der Waals surface area contributed by atoms with Crippen LogP contribution in [-0.2, 0) is 15.7 Å². The number of halogens is 6. The molecule has 3 heterocycles. The van der Waals surface area contributed by atoms with Crippen LogP contribution in [0.1, 0.15) is 18.9 Å². The van der Waals surface area contributed by atoms with Crippen molar-refractivity contribution in [1.29, 1.82) is 0 Å². The predicted molar refractivity (Wildman–Crippen MR) is 85.4 cm³/mol. The number of alkyl halides is 6. The zero-order valence-electron chi connectivity index (χ0n) is 14.3. The van der Waals surface area contributed by atoms with Gasteiger partial charge in [0, 0.05) is 6.54 Å². The van der Waals surface area contributed by atoms with Gasteiger partial charge in [0.2, 0.25) is 10.9 Å². The normalized spacial score (nSPS) is 21.5. The molecule has 3 atom stereocenters. The van der Waals surface area contributed by atoms with Gasteiger partial charge in [-0.1, -0.05) is 0 Å². The van der Waals surface area contributed by atoms with E-state index in [1.54, 1.807) is 0 Å². The lowest BCUT2D eigenvalue weighted by Crippen LogP contribution is -2.64. The van der Waals surface area contributed by atoms with E-state index in [9.17, 15) is 31.1 Å². The second-order valence-electron chi connectivity index (χ2n) is 6.09. The van der Waals surface area contributed by atoms with Crippen molar-refractivity contribution in [3.05, 3.63) is 11.3 Å². The Morgan fingerprint density at radius 2 is 2.00 bits per heavy atom. The smallest absolute Gasteiger partial charge is 0.357 e. The number of aromatic nitrogens is 3. The molecule has 7 nitrogen and oxygen atoms in total. The standard InChI is InChI=1S/C14H13F6N5O2S/c1-5(11(26)25-3-7(6(25)2)27-14(18,19)20)23-9-8-10(22-4-21-9)24-12(28-8)13(15,16)17/h4-7H,3H2,1-2H3,(H,21,22,23)/t5-,6+,7?/m1/s1. The van der Waals surface area contributed by atoms with Crippen LogP contribution in [0.3, 0.4) is 0 Å². The van der Waals surface area contributed by atoms with Crippen LogP contribution in [0.2, 0.25) is 0 Å². The lowest BCUT2D eigenvalue weighted by atomic mass is 10.00. The number of ether oxygens (including phenoxy) is 1. The van der Waals surface area contributed by atoms with E-state index in [1.165, 1.54) is 18.7 Å². The van der Waals surface area contributed by atoms with Gasteiger partial charge in [-0.2, -0.15) is 13.2 Å². The molecule has 1 amide bonds. The molecule has 1 aliphatic heterocycles. The number of hydrogen-bond donors (Lipinski definition) is 1. The number of carbonyl (C=O) groups excluding carboxylic acids is 1. The van der Waals surface area contributed by atoms with E-state index >= 15 is 0 Å². The monoisotopic (exact) mass is 429 g/mol. The highest BCUT2D eigenvalue weighted by Gasteiger charge is 2.46. The molecule has 0 saturated carbocycles. The number of nitrogens with zero attached hydrogens (tertiary/aromatic N) is 4. The van der Waals surface area contributed by atoms with Crippen molar-refractivity contribution in [1.82, 2.24) is 19.9 Å². The second kappa shape index (κ2) is 6.99. The van der Waals surface area contributed by atoms with Crippen molar-refractivity contribution in [3.63, 3.8) is 0 Å². The molecule has 14 heteroatoms. The number of amides is 1. The SMILES string of the molecule is C[C@@H](Nc1ncnc2nc(C(F)(F)F)sc12)C(=O)N1CC(OC(F)(F)F)[C@@H]1C. The maximum atomic E-state index is 12.8. The van der Waals surface area contributed by atoms with Crippen molar-refractivity contribution in [3.8, 4) is 0 Å². The molecular formula is C14H13F6N5O2S. The lowest BCUT2D eigenvalue weighted by molar-refractivity contribution is -0.359. The van der Waals surface area contributed by atoms with E-state index < -0.39 is 41.6 Å². The molecule has 1 saturated heterocycles. The Bertz CT molecular complexity index is 885. The molecule has 0 spiro atoms. The number of thiazole rings is 1. The molecule has 28 heavy (non-hydrogen) atoms. The Morgan fingerprint density at radius 1 is 1.32 bits per heavy atom. The van der Waals surface area contributed by atoms with E-state index in [0.717, 1.165) is 6.33 Å². The Morgan fingerprint density at radius 3 is 2.57 bits per heavy atom. The topological polar surface area (TPSA) is 80.2 Å². The van der Waals surface area contributed by atoms with Crippen LogP contribution in [0.25, 0.3) is 10.3 Å². The fraction of sp³-hybridized carbons (Fsp3) is 0.571. The van der Waals surface area contributed by atoms with E-state index in [1.807, 2.05) is 0 Å². The minimum Gasteiger partial charge on any atom is -0.357 e. The van der Waals surface area contributed by atoms with Gasteiger partial charge >= 0.3 is 12.5 Å². The molecule has 1 unspecified atom stereocenters. The van der Waals surface area contributed by atoms with Gasteiger partial charge in [-0.25, -0.2) is 15.0 Å². The Balaban J connectivity index is 1.71. The van der Waals surface area contributed by atoms with E-state index in [-0.39, 0.29) is 22.7 Å². The molecule has 0 aromatic carbocycles. The number of rotatable bonds is 4. The summed E-state index contributed by atoms with van der Waals surface area (Å²) in [4.78, 5) is 24.5. The van der Waals surface area contributed by atoms with Crippen molar-refractivity contribution in [2.24, 2.45) is 0 Å². The molecule has 1 fully saturated rings. The first-order valence-corrected chi connectivity index (χ1v) is 8.69. The minimum absolute atomic E-state index is 0.0180. The first-order valence-electron chi connectivity index (χ1n) is 7.87. The number of likely N-dealkylation sites (tertiary alicyclic amines) is 1. The van der Waals surface area contributed by atoms with Crippen LogP contribution in [0.15, 0.2) is 6.33 Å². The van der Waals surface area contributed by atoms with Crippen LogP contribution in [0, 0.1) is 0 Å². The van der Waals surface area contributed by atoms with E-state index in [4.69, 9.17) is 0 Å². The lowest BCUT2D eigenvalue weighted by Gasteiger charge is -2.46.